The van der Waals surface area contributed by atoms with Crippen LogP contribution in [0, 0.1) is 6.92 Å². The first-order valence-electron chi connectivity index (χ1n) is 6.82. The molecule has 0 radical (unpaired) electrons. The molecule has 0 fully saturated rings. The van der Waals surface area contributed by atoms with Gasteiger partial charge in [0.25, 0.3) is 0 Å². The summed E-state index contributed by atoms with van der Waals surface area (Å²) in [4.78, 5) is 13.0. The highest BCUT2D eigenvalue weighted by Gasteiger charge is 2.12. The number of nitrogens with zero attached hydrogens (tertiary/aromatic N) is 4. The molecule has 3 aromatic rings. The molecule has 0 spiro atoms. The van der Waals surface area contributed by atoms with Crippen molar-refractivity contribution in [3.63, 3.8) is 0 Å². The molecule has 8 heteroatoms. The Morgan fingerprint density at radius 1 is 1.26 bits per heavy atom. The van der Waals surface area contributed by atoms with E-state index in [4.69, 9.17) is 16.3 Å². The van der Waals surface area contributed by atoms with Gasteiger partial charge < -0.3 is 4.74 Å². The van der Waals surface area contributed by atoms with E-state index >= 15 is 0 Å². The van der Waals surface area contributed by atoms with Crippen molar-refractivity contribution in [3.8, 4) is 17.1 Å². The molecule has 0 unspecified atom stereocenters. The molecule has 1 aromatic carbocycles. The zero-order valence-corrected chi connectivity index (χ0v) is 14.1. The number of aryl methyl sites for hydroxylation is 1. The minimum atomic E-state index is 0.612. The van der Waals surface area contributed by atoms with Crippen LogP contribution in [0.25, 0.3) is 11.4 Å². The summed E-state index contributed by atoms with van der Waals surface area (Å²) in [6, 6.07) is 5.36. The second-order valence-electron chi connectivity index (χ2n) is 4.75. The van der Waals surface area contributed by atoms with Crippen LogP contribution in [0.3, 0.4) is 0 Å². The van der Waals surface area contributed by atoms with Crippen LogP contribution in [0.5, 0.6) is 5.75 Å². The van der Waals surface area contributed by atoms with Crippen molar-refractivity contribution in [1.29, 1.82) is 0 Å². The summed E-state index contributed by atoms with van der Waals surface area (Å²) in [5.74, 6) is 1.95. The summed E-state index contributed by atoms with van der Waals surface area (Å²) in [6.45, 7) is 1.91. The SMILES string of the molecule is COc1ccc(Cl)cc1-c1nc(SCc2cnc(C)cn2)n[nH]1. The number of H-pyrrole nitrogens is 1. The summed E-state index contributed by atoms with van der Waals surface area (Å²) in [5, 5.41) is 8.36. The van der Waals surface area contributed by atoms with Crippen molar-refractivity contribution in [3.05, 3.63) is 47.0 Å². The van der Waals surface area contributed by atoms with Gasteiger partial charge in [-0.1, -0.05) is 23.4 Å². The summed E-state index contributed by atoms with van der Waals surface area (Å²) in [7, 11) is 1.61. The molecule has 1 N–H and O–H groups in total. The van der Waals surface area contributed by atoms with Gasteiger partial charge in [-0.15, -0.1) is 5.10 Å². The molecular weight excluding hydrogens is 334 g/mol. The Balaban J connectivity index is 1.75. The molecule has 2 heterocycles. The average molecular weight is 348 g/mol. The maximum Gasteiger partial charge on any atom is 0.209 e. The Bertz CT molecular complexity index is 806. The fraction of sp³-hybridized carbons (Fsp3) is 0.200. The third kappa shape index (κ3) is 3.80. The number of nitrogens with one attached hydrogen (secondary N) is 1. The van der Waals surface area contributed by atoms with E-state index in [1.54, 1.807) is 37.7 Å². The van der Waals surface area contributed by atoms with Gasteiger partial charge in [0.15, 0.2) is 5.82 Å². The normalized spacial score (nSPS) is 10.7. The van der Waals surface area contributed by atoms with E-state index in [-0.39, 0.29) is 0 Å². The van der Waals surface area contributed by atoms with Gasteiger partial charge in [0.05, 0.1) is 24.1 Å². The first-order valence-corrected chi connectivity index (χ1v) is 8.18. The molecule has 0 saturated heterocycles. The van der Waals surface area contributed by atoms with Crippen LogP contribution in [0.15, 0.2) is 35.7 Å². The molecule has 23 heavy (non-hydrogen) atoms. The summed E-state index contributed by atoms with van der Waals surface area (Å²) in [6.07, 6.45) is 3.51. The fourth-order valence-corrected chi connectivity index (χ4v) is 2.79. The van der Waals surface area contributed by atoms with Gasteiger partial charge in [-0.2, -0.15) is 0 Å². The van der Waals surface area contributed by atoms with Gasteiger partial charge in [-0.25, -0.2) is 4.98 Å². The number of methoxy groups -OCH3 is 1. The van der Waals surface area contributed by atoms with Crippen molar-refractivity contribution in [2.24, 2.45) is 0 Å². The Hall–Kier alpha value is -2.12. The van der Waals surface area contributed by atoms with E-state index in [9.17, 15) is 0 Å². The minimum Gasteiger partial charge on any atom is -0.496 e. The molecule has 0 amide bonds. The van der Waals surface area contributed by atoms with Gasteiger partial charge >= 0.3 is 0 Å². The van der Waals surface area contributed by atoms with E-state index in [1.807, 2.05) is 6.92 Å². The lowest BCUT2D eigenvalue weighted by Gasteiger charge is -2.05. The predicted molar refractivity (Wildman–Crippen MR) is 89.7 cm³/mol. The number of thioether (sulfide) groups is 1. The van der Waals surface area contributed by atoms with Crippen molar-refractivity contribution >= 4 is 23.4 Å². The smallest absolute Gasteiger partial charge is 0.209 e. The van der Waals surface area contributed by atoms with Crippen LogP contribution >= 0.6 is 23.4 Å². The molecule has 0 saturated carbocycles. The monoisotopic (exact) mass is 347 g/mol. The molecule has 3 rings (SSSR count). The maximum absolute atomic E-state index is 6.05. The standard InChI is InChI=1S/C15H14ClN5OS/c1-9-6-18-11(7-17-9)8-23-15-19-14(20-21-15)12-5-10(16)3-4-13(12)22-2/h3-7H,8H2,1-2H3,(H,19,20,21). The quantitative estimate of drug-likeness (QED) is 0.711. The van der Waals surface area contributed by atoms with E-state index < -0.39 is 0 Å². The van der Waals surface area contributed by atoms with Crippen molar-refractivity contribution in [1.82, 2.24) is 25.1 Å². The lowest BCUT2D eigenvalue weighted by Crippen LogP contribution is -1.91. The Labute approximate surface area is 142 Å². The fourth-order valence-electron chi connectivity index (χ4n) is 1.93. The second kappa shape index (κ2) is 6.97. The molecule has 6 nitrogen and oxygen atoms in total. The van der Waals surface area contributed by atoms with Crippen LogP contribution < -0.4 is 4.74 Å². The number of ether oxygens (including phenoxy) is 1. The third-order valence-electron chi connectivity index (χ3n) is 3.07. The number of halogens is 1. The van der Waals surface area contributed by atoms with Gasteiger partial charge in [0.2, 0.25) is 5.16 Å². The molecule has 0 atom stereocenters. The van der Waals surface area contributed by atoms with Crippen molar-refractivity contribution < 1.29 is 4.74 Å². The highest BCUT2D eigenvalue weighted by Crippen LogP contribution is 2.31. The highest BCUT2D eigenvalue weighted by molar-refractivity contribution is 7.98. The number of aromatic amines is 1. The number of hydrogen-bond donors (Lipinski definition) is 1. The van der Waals surface area contributed by atoms with Gasteiger partial charge in [-0.3, -0.25) is 15.1 Å². The first-order chi connectivity index (χ1) is 11.2. The summed E-state index contributed by atoms with van der Waals surface area (Å²) >= 11 is 7.53. The predicted octanol–water partition coefficient (Wildman–Crippen LogP) is 3.52. The van der Waals surface area contributed by atoms with Crippen LogP contribution in [0.1, 0.15) is 11.4 Å². The molecular formula is C15H14ClN5OS. The molecule has 0 aliphatic heterocycles. The van der Waals surface area contributed by atoms with Crippen LogP contribution in [-0.4, -0.2) is 32.3 Å². The van der Waals surface area contributed by atoms with E-state index in [1.165, 1.54) is 11.8 Å². The molecule has 0 aliphatic carbocycles. The van der Waals surface area contributed by atoms with E-state index in [0.29, 0.717) is 27.5 Å². The maximum atomic E-state index is 6.05. The summed E-state index contributed by atoms with van der Waals surface area (Å²) < 4.78 is 5.33. The molecule has 118 valence electrons. The van der Waals surface area contributed by atoms with Gasteiger partial charge in [0.1, 0.15) is 5.75 Å². The first kappa shape index (κ1) is 15.8. The van der Waals surface area contributed by atoms with Crippen molar-refractivity contribution in [2.45, 2.75) is 17.8 Å². The van der Waals surface area contributed by atoms with Crippen LogP contribution in [0.4, 0.5) is 0 Å². The van der Waals surface area contributed by atoms with Crippen molar-refractivity contribution in [2.75, 3.05) is 7.11 Å². The Kier molecular flexibility index (Phi) is 4.78. The molecule has 0 bridgehead atoms. The zero-order chi connectivity index (χ0) is 16.2. The highest BCUT2D eigenvalue weighted by atomic mass is 35.5. The average Bonchev–Trinajstić information content (AvgIpc) is 3.03. The second-order valence-corrected chi connectivity index (χ2v) is 6.13. The van der Waals surface area contributed by atoms with Gasteiger partial charge in [0, 0.05) is 23.2 Å². The van der Waals surface area contributed by atoms with E-state index in [2.05, 4.69) is 25.1 Å². The van der Waals surface area contributed by atoms with E-state index in [0.717, 1.165) is 17.0 Å². The third-order valence-corrected chi connectivity index (χ3v) is 4.18. The van der Waals surface area contributed by atoms with Gasteiger partial charge in [-0.05, 0) is 25.1 Å². The Morgan fingerprint density at radius 3 is 2.87 bits per heavy atom. The number of aromatic nitrogens is 5. The topological polar surface area (TPSA) is 76.6 Å². The lowest BCUT2D eigenvalue weighted by atomic mass is 10.2. The summed E-state index contributed by atoms with van der Waals surface area (Å²) in [5.41, 5.74) is 2.55. The minimum absolute atomic E-state index is 0.612. The molecule has 0 aliphatic rings. The number of benzene rings is 1. The molecule has 2 aromatic heterocycles. The number of rotatable bonds is 5. The number of hydrogen-bond acceptors (Lipinski definition) is 6. The lowest BCUT2D eigenvalue weighted by molar-refractivity contribution is 0.416. The van der Waals surface area contributed by atoms with Crippen LogP contribution in [-0.2, 0) is 5.75 Å². The largest absolute Gasteiger partial charge is 0.496 e. The Morgan fingerprint density at radius 2 is 2.13 bits per heavy atom. The van der Waals surface area contributed by atoms with Crippen LogP contribution in [0.2, 0.25) is 5.02 Å². The zero-order valence-electron chi connectivity index (χ0n) is 12.6.